The van der Waals surface area contributed by atoms with Crippen LogP contribution in [0.5, 0.6) is 0 Å². The van der Waals surface area contributed by atoms with E-state index in [0.717, 1.165) is 12.1 Å². The number of aromatic nitrogens is 1. The first kappa shape index (κ1) is 19.4. The van der Waals surface area contributed by atoms with E-state index in [1.165, 1.54) is 28.0 Å². The van der Waals surface area contributed by atoms with Crippen molar-refractivity contribution in [1.29, 1.82) is 0 Å². The third kappa shape index (κ3) is 3.96. The number of hydrogen-bond donors (Lipinski definition) is 0. The summed E-state index contributed by atoms with van der Waals surface area (Å²) < 4.78 is 64.4. The molecule has 144 valence electrons. The van der Waals surface area contributed by atoms with Gasteiger partial charge in [-0.3, -0.25) is 0 Å². The van der Waals surface area contributed by atoms with Gasteiger partial charge >= 0.3 is 6.18 Å². The molecule has 0 N–H and O–H groups in total. The monoisotopic (exact) mass is 407 g/mol. The summed E-state index contributed by atoms with van der Waals surface area (Å²) >= 11 is 1.36. The largest absolute Gasteiger partial charge is 0.416 e. The van der Waals surface area contributed by atoms with E-state index in [1.807, 2.05) is 11.8 Å². The molecular weight excluding hydrogens is 387 g/mol. The highest BCUT2D eigenvalue weighted by atomic mass is 32.2. The molecule has 0 amide bonds. The molecule has 1 aliphatic heterocycles. The van der Waals surface area contributed by atoms with Gasteiger partial charge in [-0.15, -0.1) is 0 Å². The summed E-state index contributed by atoms with van der Waals surface area (Å²) in [7, 11) is -3.24. The number of nitrogens with zero attached hydrogens (tertiary/aromatic N) is 3. The Morgan fingerprint density at radius 2 is 1.96 bits per heavy atom. The quantitative estimate of drug-likeness (QED) is 0.778. The van der Waals surface area contributed by atoms with Crippen LogP contribution in [0.3, 0.4) is 0 Å². The number of piperidine rings is 1. The maximum absolute atomic E-state index is 12.8. The fourth-order valence-electron chi connectivity index (χ4n) is 3.34. The molecular formula is C16H20F3N3O2S2. The van der Waals surface area contributed by atoms with Crippen molar-refractivity contribution in [3.8, 4) is 0 Å². The van der Waals surface area contributed by atoms with Crippen molar-refractivity contribution >= 4 is 36.7 Å². The van der Waals surface area contributed by atoms with Crippen molar-refractivity contribution in [3.63, 3.8) is 0 Å². The van der Waals surface area contributed by atoms with E-state index >= 15 is 0 Å². The molecule has 10 heteroatoms. The van der Waals surface area contributed by atoms with E-state index in [4.69, 9.17) is 0 Å². The average Bonchev–Trinajstić information content (AvgIpc) is 2.97. The molecule has 1 aromatic heterocycles. The van der Waals surface area contributed by atoms with Crippen molar-refractivity contribution in [2.75, 3.05) is 30.8 Å². The Morgan fingerprint density at radius 3 is 2.50 bits per heavy atom. The molecule has 0 bridgehead atoms. The molecule has 0 spiro atoms. The Hall–Kier alpha value is -1.39. The van der Waals surface area contributed by atoms with E-state index in [-0.39, 0.29) is 6.04 Å². The van der Waals surface area contributed by atoms with Crippen LogP contribution in [-0.2, 0) is 16.2 Å². The highest BCUT2D eigenvalue weighted by Gasteiger charge is 2.32. The van der Waals surface area contributed by atoms with Crippen molar-refractivity contribution in [1.82, 2.24) is 9.29 Å². The zero-order chi connectivity index (χ0) is 19.1. The molecule has 0 radical (unpaired) electrons. The SMILES string of the molecule is CCN(C1CCN(c2nc3cc(C(F)(F)F)ccc3s2)CC1)S(C)(=O)=O. The van der Waals surface area contributed by atoms with Crippen molar-refractivity contribution < 1.29 is 21.6 Å². The summed E-state index contributed by atoms with van der Waals surface area (Å²) in [6.45, 7) is 3.51. The Kier molecular flexibility index (Phi) is 5.19. The van der Waals surface area contributed by atoms with E-state index in [9.17, 15) is 21.6 Å². The Bertz CT molecular complexity index is 888. The normalized spacial score (nSPS) is 17.4. The first-order valence-corrected chi connectivity index (χ1v) is 11.0. The standard InChI is InChI=1S/C16H20F3N3O2S2/c1-3-22(26(2,23)24)12-6-8-21(9-7-12)15-20-13-10-11(16(17,18)19)4-5-14(13)25-15/h4-5,10,12H,3,6-9H2,1-2H3. The zero-order valence-electron chi connectivity index (χ0n) is 14.5. The second kappa shape index (κ2) is 6.97. The van der Waals surface area contributed by atoms with Crippen LogP contribution in [0.25, 0.3) is 10.2 Å². The third-order valence-corrected chi connectivity index (χ3v) is 7.09. The van der Waals surface area contributed by atoms with E-state index in [2.05, 4.69) is 4.98 Å². The molecule has 0 unspecified atom stereocenters. The van der Waals surface area contributed by atoms with Gasteiger partial charge < -0.3 is 4.90 Å². The molecule has 1 fully saturated rings. The Balaban J connectivity index is 1.75. The van der Waals surface area contributed by atoms with Gasteiger partial charge in [-0.25, -0.2) is 13.4 Å². The molecule has 26 heavy (non-hydrogen) atoms. The maximum atomic E-state index is 12.8. The van der Waals surface area contributed by atoms with Crippen molar-refractivity contribution in [2.45, 2.75) is 32.0 Å². The van der Waals surface area contributed by atoms with Gasteiger partial charge in [0.25, 0.3) is 0 Å². The number of rotatable bonds is 4. The third-order valence-electron chi connectivity index (χ3n) is 4.58. The van der Waals surface area contributed by atoms with Gasteiger partial charge in [-0.05, 0) is 31.0 Å². The van der Waals surface area contributed by atoms with Crippen LogP contribution in [0, 0.1) is 0 Å². The molecule has 5 nitrogen and oxygen atoms in total. The van der Waals surface area contributed by atoms with Gasteiger partial charge in [0.15, 0.2) is 5.13 Å². The maximum Gasteiger partial charge on any atom is 0.416 e. The number of anilines is 1. The number of halogens is 3. The van der Waals surface area contributed by atoms with Gasteiger partial charge in [0.2, 0.25) is 10.0 Å². The fourth-order valence-corrected chi connectivity index (χ4v) is 5.55. The lowest BCUT2D eigenvalue weighted by Gasteiger charge is -2.36. The molecule has 3 rings (SSSR count). The predicted octanol–water partition coefficient (Wildman–Crippen LogP) is 3.57. The summed E-state index contributed by atoms with van der Waals surface area (Å²) in [5.41, 5.74) is -0.361. The van der Waals surface area contributed by atoms with Crippen LogP contribution >= 0.6 is 11.3 Å². The highest BCUT2D eigenvalue weighted by Crippen LogP contribution is 2.36. The number of benzene rings is 1. The number of thiazole rings is 1. The van der Waals surface area contributed by atoms with Gasteiger partial charge in [0, 0.05) is 25.7 Å². The van der Waals surface area contributed by atoms with Crippen LogP contribution in [0.1, 0.15) is 25.3 Å². The second-order valence-electron chi connectivity index (χ2n) is 6.36. The molecule has 0 atom stereocenters. The minimum atomic E-state index is -4.38. The molecule has 1 saturated heterocycles. The minimum absolute atomic E-state index is 0.0440. The van der Waals surface area contributed by atoms with Crippen molar-refractivity contribution in [3.05, 3.63) is 23.8 Å². The van der Waals surface area contributed by atoms with Crippen LogP contribution in [-0.4, -0.2) is 49.6 Å². The summed E-state index contributed by atoms with van der Waals surface area (Å²) in [5, 5.41) is 0.681. The predicted molar refractivity (Wildman–Crippen MR) is 97.1 cm³/mol. The van der Waals surface area contributed by atoms with Crippen LogP contribution in [0.2, 0.25) is 0 Å². The number of hydrogen-bond acceptors (Lipinski definition) is 5. The lowest BCUT2D eigenvalue weighted by atomic mass is 10.1. The molecule has 0 saturated carbocycles. The zero-order valence-corrected chi connectivity index (χ0v) is 16.1. The van der Waals surface area contributed by atoms with Crippen molar-refractivity contribution in [2.24, 2.45) is 0 Å². The molecule has 2 heterocycles. The van der Waals surface area contributed by atoms with Gasteiger partial charge in [0.05, 0.1) is 22.0 Å². The topological polar surface area (TPSA) is 53.5 Å². The number of sulfonamides is 1. The Morgan fingerprint density at radius 1 is 1.31 bits per heavy atom. The van der Waals surface area contributed by atoms with E-state index in [0.29, 0.717) is 47.8 Å². The van der Waals surface area contributed by atoms with Gasteiger partial charge in [-0.2, -0.15) is 17.5 Å². The summed E-state index contributed by atoms with van der Waals surface area (Å²) in [4.78, 5) is 6.38. The first-order chi connectivity index (χ1) is 12.1. The summed E-state index contributed by atoms with van der Waals surface area (Å²) in [5.74, 6) is 0. The van der Waals surface area contributed by atoms with Crippen LogP contribution in [0.4, 0.5) is 18.3 Å². The summed E-state index contributed by atoms with van der Waals surface area (Å²) in [6.07, 6.45) is -1.82. The fraction of sp³-hybridized carbons (Fsp3) is 0.562. The van der Waals surface area contributed by atoms with E-state index < -0.39 is 21.8 Å². The molecule has 1 aliphatic rings. The summed E-state index contributed by atoms with van der Waals surface area (Å²) in [6, 6.07) is 3.55. The second-order valence-corrected chi connectivity index (χ2v) is 9.31. The first-order valence-electron chi connectivity index (χ1n) is 8.29. The lowest BCUT2D eigenvalue weighted by Crippen LogP contribution is -2.47. The van der Waals surface area contributed by atoms with Crippen LogP contribution in [0.15, 0.2) is 18.2 Å². The molecule has 0 aliphatic carbocycles. The minimum Gasteiger partial charge on any atom is -0.348 e. The number of alkyl halides is 3. The highest BCUT2D eigenvalue weighted by molar-refractivity contribution is 7.88. The smallest absolute Gasteiger partial charge is 0.348 e. The molecule has 2 aromatic rings. The Labute approximate surface area is 154 Å². The van der Waals surface area contributed by atoms with Gasteiger partial charge in [0.1, 0.15) is 0 Å². The number of fused-ring (bicyclic) bond motifs is 1. The molecule has 1 aromatic carbocycles. The average molecular weight is 407 g/mol. The van der Waals surface area contributed by atoms with Crippen LogP contribution < -0.4 is 4.90 Å². The lowest BCUT2D eigenvalue weighted by molar-refractivity contribution is -0.137. The van der Waals surface area contributed by atoms with Gasteiger partial charge in [-0.1, -0.05) is 18.3 Å². The van der Waals surface area contributed by atoms with E-state index in [1.54, 1.807) is 0 Å².